The van der Waals surface area contributed by atoms with Gasteiger partial charge >= 0.3 is 0 Å². The van der Waals surface area contributed by atoms with Crippen LogP contribution in [-0.2, 0) is 6.54 Å². The molecule has 1 aromatic carbocycles. The van der Waals surface area contributed by atoms with Crippen LogP contribution in [0.5, 0.6) is 0 Å². The molecule has 1 saturated heterocycles. The number of guanidine groups is 1. The second-order valence-corrected chi connectivity index (χ2v) is 8.47. The summed E-state index contributed by atoms with van der Waals surface area (Å²) in [6.45, 7) is 9.75. The van der Waals surface area contributed by atoms with Crippen molar-refractivity contribution in [2.24, 2.45) is 4.99 Å². The highest BCUT2D eigenvalue weighted by atomic mass is 127. The zero-order valence-electron chi connectivity index (χ0n) is 17.7. The summed E-state index contributed by atoms with van der Waals surface area (Å²) in [4.78, 5) is 9.33. The predicted octanol–water partition coefficient (Wildman–Crippen LogP) is 3.93. The van der Waals surface area contributed by atoms with Crippen LogP contribution in [0.3, 0.4) is 0 Å². The molecule has 1 fully saturated rings. The van der Waals surface area contributed by atoms with Gasteiger partial charge in [-0.25, -0.2) is 0 Å². The highest BCUT2D eigenvalue weighted by molar-refractivity contribution is 14.0. The van der Waals surface area contributed by atoms with E-state index in [0.29, 0.717) is 12.1 Å². The van der Waals surface area contributed by atoms with Crippen LogP contribution in [-0.4, -0.2) is 68.1 Å². The maximum Gasteiger partial charge on any atom is 0.191 e. The number of piperidine rings is 1. The van der Waals surface area contributed by atoms with Crippen LogP contribution in [0.25, 0.3) is 0 Å². The molecule has 0 saturated carbocycles. The molecule has 2 rings (SSSR count). The normalized spacial score (nSPS) is 17.3. The number of nitrogens with zero attached hydrogens (tertiary/aromatic N) is 3. The molecular formula is C21H37BrIN5. The van der Waals surface area contributed by atoms with E-state index in [0.717, 1.165) is 56.0 Å². The van der Waals surface area contributed by atoms with Gasteiger partial charge in [-0.1, -0.05) is 35.0 Å². The lowest BCUT2D eigenvalue weighted by molar-refractivity contribution is 0.198. The van der Waals surface area contributed by atoms with E-state index in [-0.39, 0.29) is 24.0 Å². The maximum atomic E-state index is 4.40. The van der Waals surface area contributed by atoms with Crippen molar-refractivity contribution in [3.63, 3.8) is 0 Å². The Kier molecular flexibility index (Phi) is 12.6. The summed E-state index contributed by atoms with van der Waals surface area (Å²) in [5, 5.41) is 7.06. The van der Waals surface area contributed by atoms with Crippen molar-refractivity contribution in [2.45, 2.75) is 51.7 Å². The van der Waals surface area contributed by atoms with Crippen molar-refractivity contribution in [3.8, 4) is 0 Å². The minimum Gasteiger partial charge on any atom is -0.355 e. The minimum absolute atomic E-state index is 0. The molecule has 1 heterocycles. The molecule has 1 unspecified atom stereocenters. The third kappa shape index (κ3) is 8.97. The number of hydrogen-bond donors (Lipinski definition) is 2. The van der Waals surface area contributed by atoms with Crippen LogP contribution in [0.15, 0.2) is 33.7 Å². The summed E-state index contributed by atoms with van der Waals surface area (Å²) >= 11 is 3.50. The van der Waals surface area contributed by atoms with Crippen LogP contribution < -0.4 is 10.6 Å². The Bertz CT molecular complexity index is 573. The van der Waals surface area contributed by atoms with Gasteiger partial charge in [0.2, 0.25) is 0 Å². The zero-order chi connectivity index (χ0) is 19.6. The van der Waals surface area contributed by atoms with Crippen LogP contribution >= 0.6 is 39.9 Å². The van der Waals surface area contributed by atoms with E-state index >= 15 is 0 Å². The molecule has 1 atom stereocenters. The highest BCUT2D eigenvalue weighted by Gasteiger charge is 2.20. The fourth-order valence-corrected chi connectivity index (χ4v) is 3.62. The Morgan fingerprint density at radius 2 is 1.93 bits per heavy atom. The lowest BCUT2D eigenvalue weighted by Crippen LogP contribution is -2.49. The number of hydrogen-bond acceptors (Lipinski definition) is 3. The van der Waals surface area contributed by atoms with E-state index in [4.69, 9.17) is 0 Å². The summed E-state index contributed by atoms with van der Waals surface area (Å²) in [5.74, 6) is 0.930. The quantitative estimate of drug-likeness (QED) is 0.285. The van der Waals surface area contributed by atoms with Gasteiger partial charge in [-0.15, -0.1) is 24.0 Å². The topological polar surface area (TPSA) is 42.9 Å². The molecule has 1 aromatic rings. The summed E-state index contributed by atoms with van der Waals surface area (Å²) in [6, 6.07) is 9.78. The number of halogens is 2. The van der Waals surface area contributed by atoms with Crippen LogP contribution in [0.1, 0.15) is 38.7 Å². The average molecular weight is 566 g/mol. The number of aliphatic imine (C=N–C) groups is 1. The van der Waals surface area contributed by atoms with Gasteiger partial charge < -0.3 is 15.5 Å². The lowest BCUT2D eigenvalue weighted by Gasteiger charge is -2.33. The van der Waals surface area contributed by atoms with Crippen molar-refractivity contribution in [1.29, 1.82) is 0 Å². The molecule has 7 heteroatoms. The van der Waals surface area contributed by atoms with Gasteiger partial charge in [0.1, 0.15) is 0 Å². The minimum atomic E-state index is 0. The predicted molar refractivity (Wildman–Crippen MR) is 135 cm³/mol. The number of benzene rings is 1. The lowest BCUT2D eigenvalue weighted by atomic mass is 10.0. The molecule has 0 spiro atoms. The van der Waals surface area contributed by atoms with Gasteiger partial charge in [-0.3, -0.25) is 9.89 Å². The molecule has 0 radical (unpaired) electrons. The van der Waals surface area contributed by atoms with Crippen molar-refractivity contribution in [1.82, 2.24) is 20.4 Å². The molecule has 2 N–H and O–H groups in total. The summed E-state index contributed by atoms with van der Waals surface area (Å²) in [7, 11) is 4.05. The van der Waals surface area contributed by atoms with E-state index in [1.165, 1.54) is 12.0 Å². The van der Waals surface area contributed by atoms with Gasteiger partial charge in [0.25, 0.3) is 0 Å². The number of likely N-dealkylation sites (tertiary alicyclic amines) is 1. The van der Waals surface area contributed by atoms with Crippen molar-refractivity contribution in [2.75, 3.05) is 40.3 Å². The van der Waals surface area contributed by atoms with Gasteiger partial charge in [0.15, 0.2) is 5.96 Å². The zero-order valence-corrected chi connectivity index (χ0v) is 21.7. The Labute approximate surface area is 196 Å². The Balaban J connectivity index is 0.00000392. The number of likely N-dealkylation sites (N-methyl/N-ethyl adjacent to an activating group) is 1. The molecule has 5 nitrogen and oxygen atoms in total. The van der Waals surface area contributed by atoms with Crippen LogP contribution in [0, 0.1) is 0 Å². The van der Waals surface area contributed by atoms with Gasteiger partial charge in [0, 0.05) is 56.3 Å². The molecule has 1 aliphatic rings. The molecule has 0 aliphatic carbocycles. The van der Waals surface area contributed by atoms with Crippen molar-refractivity contribution in [3.05, 3.63) is 34.3 Å². The third-order valence-corrected chi connectivity index (χ3v) is 6.10. The molecule has 0 aromatic heterocycles. The standard InChI is InChI=1S/C21H36BrN5.HI/c1-5-17(2)26(4)15-12-24-21(23-3)25-20-10-13-27(14-11-20)16-18-6-8-19(22)9-7-18;/h6-9,17,20H,5,10-16H2,1-4H3,(H2,23,24,25);1H. The van der Waals surface area contributed by atoms with Crippen molar-refractivity contribution < 1.29 is 0 Å². The van der Waals surface area contributed by atoms with Gasteiger partial charge in [-0.05, 0) is 50.9 Å². The average Bonchev–Trinajstić information content (AvgIpc) is 2.69. The fraction of sp³-hybridized carbons (Fsp3) is 0.667. The second kappa shape index (κ2) is 13.8. The van der Waals surface area contributed by atoms with Crippen LogP contribution in [0.4, 0.5) is 0 Å². The van der Waals surface area contributed by atoms with E-state index < -0.39 is 0 Å². The van der Waals surface area contributed by atoms with Gasteiger partial charge in [-0.2, -0.15) is 0 Å². The summed E-state index contributed by atoms with van der Waals surface area (Å²) < 4.78 is 1.14. The maximum absolute atomic E-state index is 4.40. The third-order valence-electron chi connectivity index (χ3n) is 5.57. The van der Waals surface area contributed by atoms with Crippen molar-refractivity contribution >= 4 is 45.9 Å². The molecule has 1 aliphatic heterocycles. The van der Waals surface area contributed by atoms with E-state index in [1.807, 2.05) is 7.05 Å². The van der Waals surface area contributed by atoms with Crippen LogP contribution in [0.2, 0.25) is 0 Å². The monoisotopic (exact) mass is 565 g/mol. The molecular weight excluding hydrogens is 529 g/mol. The highest BCUT2D eigenvalue weighted by Crippen LogP contribution is 2.16. The SMILES string of the molecule is CCC(C)N(C)CCNC(=NC)NC1CCN(Cc2ccc(Br)cc2)CC1.I. The summed E-state index contributed by atoms with van der Waals surface area (Å²) in [6.07, 6.45) is 3.50. The largest absolute Gasteiger partial charge is 0.355 e. The molecule has 160 valence electrons. The second-order valence-electron chi connectivity index (χ2n) is 7.56. The summed E-state index contributed by atoms with van der Waals surface area (Å²) in [5.41, 5.74) is 1.38. The van der Waals surface area contributed by atoms with E-state index in [9.17, 15) is 0 Å². The Morgan fingerprint density at radius 3 is 2.50 bits per heavy atom. The molecule has 28 heavy (non-hydrogen) atoms. The molecule has 0 amide bonds. The van der Waals surface area contributed by atoms with E-state index in [2.05, 4.69) is 86.5 Å². The fourth-order valence-electron chi connectivity index (χ4n) is 3.35. The first kappa shape index (κ1) is 25.7. The Morgan fingerprint density at radius 1 is 1.29 bits per heavy atom. The molecule has 0 bridgehead atoms. The number of nitrogens with one attached hydrogen (secondary N) is 2. The smallest absolute Gasteiger partial charge is 0.191 e. The van der Waals surface area contributed by atoms with E-state index in [1.54, 1.807) is 0 Å². The first-order chi connectivity index (χ1) is 13.0. The first-order valence-corrected chi connectivity index (χ1v) is 10.9. The Hall–Kier alpha value is -0.380. The number of rotatable bonds is 8. The van der Waals surface area contributed by atoms with Gasteiger partial charge in [0.05, 0.1) is 0 Å². The first-order valence-electron chi connectivity index (χ1n) is 10.2.